The molecule has 0 aliphatic carbocycles. The molecule has 0 aliphatic rings. The Morgan fingerprint density at radius 1 is 1.36 bits per heavy atom. The van der Waals surface area contributed by atoms with Crippen molar-refractivity contribution in [2.45, 2.75) is 13.8 Å². The van der Waals surface area contributed by atoms with Crippen LogP contribution in [0.2, 0.25) is 0 Å². The Hall–Kier alpha value is -1.77. The highest BCUT2D eigenvalue weighted by atomic mass is 16.5. The van der Waals surface area contributed by atoms with Gasteiger partial charge >= 0.3 is 0 Å². The third-order valence-electron chi connectivity index (χ3n) is 2.14. The van der Waals surface area contributed by atoms with Gasteiger partial charge in [-0.15, -0.1) is 0 Å². The first-order valence-corrected chi connectivity index (χ1v) is 4.33. The minimum absolute atomic E-state index is 0.429. The van der Waals surface area contributed by atoms with Gasteiger partial charge in [-0.2, -0.15) is 4.98 Å². The molecule has 1 heterocycles. The summed E-state index contributed by atoms with van der Waals surface area (Å²) >= 11 is 0. The number of aromatic nitrogens is 1. The van der Waals surface area contributed by atoms with Crippen molar-refractivity contribution in [1.29, 1.82) is 0 Å². The highest BCUT2D eigenvalue weighted by Crippen LogP contribution is 2.25. The molecule has 1 aromatic carbocycles. The number of aryl methyl sites for hydroxylation is 1. The summed E-state index contributed by atoms with van der Waals surface area (Å²) in [6.07, 6.45) is 3.75. The SMILES string of the molecule is Cc1cccc(Oc2co[c]n2)c1C. The largest absolute Gasteiger partial charge is 0.437 e. The van der Waals surface area contributed by atoms with Gasteiger partial charge in [-0.1, -0.05) is 12.1 Å². The first kappa shape index (κ1) is 8.81. The topological polar surface area (TPSA) is 35.3 Å². The summed E-state index contributed by atoms with van der Waals surface area (Å²) in [7, 11) is 0. The maximum Gasteiger partial charge on any atom is 0.287 e. The van der Waals surface area contributed by atoms with E-state index in [1.54, 1.807) is 0 Å². The zero-order valence-corrected chi connectivity index (χ0v) is 8.07. The molecular weight excluding hydrogens is 178 g/mol. The van der Waals surface area contributed by atoms with Crippen LogP contribution in [0, 0.1) is 20.2 Å². The predicted molar refractivity (Wildman–Crippen MR) is 51.3 cm³/mol. The van der Waals surface area contributed by atoms with Crippen molar-refractivity contribution in [1.82, 2.24) is 4.98 Å². The lowest BCUT2D eigenvalue weighted by Crippen LogP contribution is -1.89. The molecule has 0 amide bonds. The van der Waals surface area contributed by atoms with E-state index in [0.29, 0.717) is 5.88 Å². The summed E-state index contributed by atoms with van der Waals surface area (Å²) in [6.45, 7) is 4.05. The van der Waals surface area contributed by atoms with Crippen LogP contribution in [0.4, 0.5) is 0 Å². The Morgan fingerprint density at radius 3 is 2.93 bits per heavy atom. The zero-order valence-electron chi connectivity index (χ0n) is 8.07. The number of oxazole rings is 1. The fraction of sp³-hybridized carbons (Fsp3) is 0.182. The van der Waals surface area contributed by atoms with Gasteiger partial charge in [0, 0.05) is 0 Å². The summed E-state index contributed by atoms with van der Waals surface area (Å²) in [4.78, 5) is 3.77. The predicted octanol–water partition coefficient (Wildman–Crippen LogP) is 2.88. The molecule has 3 heteroatoms. The van der Waals surface area contributed by atoms with Crippen LogP contribution in [0.5, 0.6) is 11.6 Å². The maximum atomic E-state index is 5.49. The number of benzene rings is 1. The van der Waals surface area contributed by atoms with Crippen molar-refractivity contribution in [2.24, 2.45) is 0 Å². The molecule has 0 unspecified atom stereocenters. The van der Waals surface area contributed by atoms with Crippen LogP contribution in [0.25, 0.3) is 0 Å². The minimum Gasteiger partial charge on any atom is -0.437 e. The third-order valence-corrected chi connectivity index (χ3v) is 2.14. The molecule has 3 nitrogen and oxygen atoms in total. The second-order valence-corrected chi connectivity index (χ2v) is 3.08. The number of hydrogen-bond donors (Lipinski definition) is 0. The van der Waals surface area contributed by atoms with E-state index in [0.717, 1.165) is 11.3 Å². The summed E-state index contributed by atoms with van der Waals surface area (Å²) in [6, 6.07) is 5.88. The number of ether oxygens (including phenoxy) is 1. The molecule has 0 N–H and O–H groups in total. The Kier molecular flexibility index (Phi) is 2.23. The third kappa shape index (κ3) is 1.62. The summed E-state index contributed by atoms with van der Waals surface area (Å²) < 4.78 is 10.2. The average Bonchev–Trinajstić information content (AvgIpc) is 2.66. The summed E-state index contributed by atoms with van der Waals surface area (Å²) in [5.41, 5.74) is 2.30. The van der Waals surface area contributed by atoms with E-state index in [4.69, 9.17) is 9.15 Å². The number of rotatable bonds is 2. The van der Waals surface area contributed by atoms with E-state index in [2.05, 4.69) is 11.4 Å². The standard InChI is InChI=1S/C11H10NO2/c1-8-4-3-5-10(9(8)2)14-11-6-13-7-12-11/h3-6H,1-2H3. The van der Waals surface area contributed by atoms with Gasteiger partial charge < -0.3 is 9.15 Å². The van der Waals surface area contributed by atoms with E-state index in [1.165, 1.54) is 11.8 Å². The summed E-state index contributed by atoms with van der Waals surface area (Å²) in [5.74, 6) is 1.23. The fourth-order valence-corrected chi connectivity index (χ4v) is 1.17. The molecular formula is C11H10NO2. The van der Waals surface area contributed by atoms with Crippen LogP contribution < -0.4 is 4.74 Å². The average molecular weight is 188 g/mol. The lowest BCUT2D eigenvalue weighted by Gasteiger charge is -2.07. The first-order valence-electron chi connectivity index (χ1n) is 4.33. The first-order chi connectivity index (χ1) is 6.77. The highest BCUT2D eigenvalue weighted by Gasteiger charge is 2.04. The molecule has 2 aromatic rings. The van der Waals surface area contributed by atoms with Gasteiger partial charge in [0.2, 0.25) is 0 Å². The highest BCUT2D eigenvalue weighted by molar-refractivity contribution is 5.39. The van der Waals surface area contributed by atoms with Gasteiger partial charge in [-0.25, -0.2) is 0 Å². The molecule has 14 heavy (non-hydrogen) atoms. The maximum absolute atomic E-state index is 5.49. The van der Waals surface area contributed by atoms with E-state index in [-0.39, 0.29) is 0 Å². The smallest absolute Gasteiger partial charge is 0.287 e. The van der Waals surface area contributed by atoms with Crippen molar-refractivity contribution in [3.63, 3.8) is 0 Å². The Balaban J connectivity index is 2.29. The Bertz CT molecular complexity index is 421. The van der Waals surface area contributed by atoms with E-state index < -0.39 is 0 Å². The molecule has 0 saturated carbocycles. The Labute approximate surface area is 82.3 Å². The van der Waals surface area contributed by atoms with Crippen molar-refractivity contribution < 1.29 is 9.15 Å². The van der Waals surface area contributed by atoms with Gasteiger partial charge in [-0.3, -0.25) is 0 Å². The lowest BCUT2D eigenvalue weighted by atomic mass is 10.1. The van der Waals surface area contributed by atoms with Crippen molar-refractivity contribution in [3.8, 4) is 11.6 Å². The van der Waals surface area contributed by atoms with Gasteiger partial charge in [-0.05, 0) is 31.0 Å². The van der Waals surface area contributed by atoms with E-state index in [1.807, 2.05) is 32.0 Å². The number of hydrogen-bond acceptors (Lipinski definition) is 3. The van der Waals surface area contributed by atoms with Gasteiger partial charge in [0.15, 0.2) is 6.26 Å². The molecule has 2 rings (SSSR count). The van der Waals surface area contributed by atoms with Crippen LogP contribution in [0.15, 0.2) is 28.9 Å². The second-order valence-electron chi connectivity index (χ2n) is 3.08. The molecule has 0 bridgehead atoms. The molecule has 0 spiro atoms. The van der Waals surface area contributed by atoms with Crippen LogP contribution in [-0.4, -0.2) is 4.98 Å². The molecule has 1 aromatic heterocycles. The van der Waals surface area contributed by atoms with Crippen LogP contribution in [0.3, 0.4) is 0 Å². The quantitative estimate of drug-likeness (QED) is 0.726. The molecule has 0 aliphatic heterocycles. The van der Waals surface area contributed by atoms with E-state index >= 15 is 0 Å². The lowest BCUT2D eigenvalue weighted by molar-refractivity contribution is 0.453. The van der Waals surface area contributed by atoms with Crippen LogP contribution in [-0.2, 0) is 0 Å². The molecule has 0 atom stereocenters. The molecule has 71 valence electrons. The van der Waals surface area contributed by atoms with E-state index in [9.17, 15) is 0 Å². The van der Waals surface area contributed by atoms with Gasteiger partial charge in [0.1, 0.15) is 5.75 Å². The van der Waals surface area contributed by atoms with Gasteiger partial charge in [0.05, 0.1) is 0 Å². The van der Waals surface area contributed by atoms with Crippen LogP contribution in [0.1, 0.15) is 11.1 Å². The van der Waals surface area contributed by atoms with Crippen molar-refractivity contribution >= 4 is 0 Å². The van der Waals surface area contributed by atoms with Gasteiger partial charge in [0.25, 0.3) is 12.3 Å². The summed E-state index contributed by atoms with van der Waals surface area (Å²) in [5, 5.41) is 0. The second kappa shape index (κ2) is 3.54. The fourth-order valence-electron chi connectivity index (χ4n) is 1.17. The van der Waals surface area contributed by atoms with Crippen molar-refractivity contribution in [3.05, 3.63) is 42.0 Å². The monoisotopic (exact) mass is 188 g/mol. The zero-order chi connectivity index (χ0) is 9.97. The molecule has 0 fully saturated rings. The van der Waals surface area contributed by atoms with Crippen LogP contribution >= 0.6 is 0 Å². The van der Waals surface area contributed by atoms with Crippen molar-refractivity contribution in [2.75, 3.05) is 0 Å². The molecule has 0 saturated heterocycles. The molecule has 1 radical (unpaired) electrons. The Morgan fingerprint density at radius 2 is 2.21 bits per heavy atom. The minimum atomic E-state index is 0.429. The normalized spacial score (nSPS) is 10.1. The number of nitrogens with zero attached hydrogens (tertiary/aromatic N) is 1.